The summed E-state index contributed by atoms with van der Waals surface area (Å²) in [6.07, 6.45) is 3.14. The molecule has 1 N–H and O–H groups in total. The highest BCUT2D eigenvalue weighted by Crippen LogP contribution is 2.27. The second-order valence-electron chi connectivity index (χ2n) is 6.87. The summed E-state index contributed by atoms with van der Waals surface area (Å²) in [6, 6.07) is 4.67. The summed E-state index contributed by atoms with van der Waals surface area (Å²) in [6.45, 7) is 6.64. The molecule has 1 aliphatic rings. The summed E-state index contributed by atoms with van der Waals surface area (Å²) in [4.78, 5) is 22.8. The SMILES string of the molecule is CC(C)(C)OC(=O)c1ccc(OCCC2CCCN2)cc1[N+](=O)[O-]. The minimum atomic E-state index is -0.714. The fourth-order valence-corrected chi connectivity index (χ4v) is 2.58. The average Bonchev–Trinajstić information content (AvgIpc) is 2.98. The normalized spacial score (nSPS) is 17.5. The van der Waals surface area contributed by atoms with Gasteiger partial charge in [-0.25, -0.2) is 4.79 Å². The monoisotopic (exact) mass is 336 g/mol. The van der Waals surface area contributed by atoms with Crippen LogP contribution in [0.3, 0.4) is 0 Å². The minimum absolute atomic E-state index is 0.0697. The number of nitrogens with one attached hydrogen (secondary N) is 1. The van der Waals surface area contributed by atoms with Crippen molar-refractivity contribution in [1.29, 1.82) is 0 Å². The summed E-state index contributed by atoms with van der Waals surface area (Å²) in [5.74, 6) is -0.331. The van der Waals surface area contributed by atoms with Gasteiger partial charge in [-0.15, -0.1) is 0 Å². The molecule has 24 heavy (non-hydrogen) atoms. The number of nitro groups is 1. The molecule has 0 amide bonds. The maximum atomic E-state index is 12.1. The molecule has 0 aromatic heterocycles. The Morgan fingerprint density at radius 3 is 2.75 bits per heavy atom. The Bertz CT molecular complexity index is 603. The Morgan fingerprint density at radius 1 is 1.42 bits per heavy atom. The fourth-order valence-electron chi connectivity index (χ4n) is 2.58. The van der Waals surface area contributed by atoms with E-state index in [1.54, 1.807) is 26.8 Å². The summed E-state index contributed by atoms with van der Waals surface area (Å²) < 4.78 is 10.8. The molecule has 1 heterocycles. The molecule has 132 valence electrons. The zero-order valence-electron chi connectivity index (χ0n) is 14.3. The number of carbonyl (C=O) groups excluding carboxylic acids is 1. The van der Waals surface area contributed by atoms with Gasteiger partial charge in [0, 0.05) is 6.04 Å². The van der Waals surface area contributed by atoms with Gasteiger partial charge in [-0.2, -0.15) is 0 Å². The largest absolute Gasteiger partial charge is 0.493 e. The topological polar surface area (TPSA) is 90.7 Å². The first-order valence-corrected chi connectivity index (χ1v) is 8.14. The highest BCUT2D eigenvalue weighted by molar-refractivity contribution is 5.94. The second kappa shape index (κ2) is 7.61. The molecule has 0 bridgehead atoms. The summed E-state index contributed by atoms with van der Waals surface area (Å²) in [5, 5.41) is 14.6. The van der Waals surface area contributed by atoms with Gasteiger partial charge in [-0.3, -0.25) is 10.1 Å². The smallest absolute Gasteiger partial charge is 0.345 e. The van der Waals surface area contributed by atoms with Gasteiger partial charge in [0.2, 0.25) is 0 Å². The number of hydrogen-bond donors (Lipinski definition) is 1. The van der Waals surface area contributed by atoms with E-state index in [0.717, 1.165) is 19.4 Å². The Balaban J connectivity index is 2.05. The molecule has 2 rings (SSSR count). The van der Waals surface area contributed by atoms with E-state index in [1.165, 1.54) is 18.6 Å². The molecule has 0 radical (unpaired) electrons. The van der Waals surface area contributed by atoms with Crippen molar-refractivity contribution in [2.45, 2.75) is 51.7 Å². The Hall–Kier alpha value is -2.15. The predicted molar refractivity (Wildman–Crippen MR) is 89.4 cm³/mol. The van der Waals surface area contributed by atoms with E-state index in [4.69, 9.17) is 9.47 Å². The third-order valence-corrected chi connectivity index (χ3v) is 3.68. The van der Waals surface area contributed by atoms with Crippen LogP contribution in [-0.4, -0.2) is 35.7 Å². The van der Waals surface area contributed by atoms with Crippen molar-refractivity contribution >= 4 is 11.7 Å². The molecule has 1 unspecified atom stereocenters. The van der Waals surface area contributed by atoms with Crippen molar-refractivity contribution in [2.24, 2.45) is 0 Å². The number of rotatable bonds is 6. The molecule has 0 saturated carbocycles. The van der Waals surface area contributed by atoms with Crippen molar-refractivity contribution < 1.29 is 19.2 Å². The van der Waals surface area contributed by atoms with Crippen molar-refractivity contribution in [3.8, 4) is 5.75 Å². The van der Waals surface area contributed by atoms with Gasteiger partial charge in [-0.05, 0) is 58.7 Å². The van der Waals surface area contributed by atoms with Gasteiger partial charge in [0.05, 0.1) is 17.6 Å². The maximum Gasteiger partial charge on any atom is 0.345 e. The fraction of sp³-hybridized carbons (Fsp3) is 0.588. The standard InChI is InChI=1S/C17H24N2O5/c1-17(2,3)24-16(20)14-7-6-13(11-15(14)19(21)22)23-10-8-12-5-4-9-18-12/h6-7,11-12,18H,4-5,8-10H2,1-3H3. The van der Waals surface area contributed by atoms with Crippen LogP contribution in [0.4, 0.5) is 5.69 Å². The first-order chi connectivity index (χ1) is 11.3. The Kier molecular flexibility index (Phi) is 5.77. The van der Waals surface area contributed by atoms with Crippen LogP contribution in [-0.2, 0) is 4.74 Å². The van der Waals surface area contributed by atoms with Gasteiger partial charge < -0.3 is 14.8 Å². The van der Waals surface area contributed by atoms with Crippen LogP contribution < -0.4 is 10.1 Å². The molecule has 1 fully saturated rings. The van der Waals surface area contributed by atoms with Crippen molar-refractivity contribution in [3.05, 3.63) is 33.9 Å². The maximum absolute atomic E-state index is 12.1. The van der Waals surface area contributed by atoms with Crippen molar-refractivity contribution in [2.75, 3.05) is 13.2 Å². The van der Waals surface area contributed by atoms with Crippen LogP contribution >= 0.6 is 0 Å². The second-order valence-corrected chi connectivity index (χ2v) is 6.87. The van der Waals surface area contributed by atoms with Crippen LogP contribution in [0.5, 0.6) is 5.75 Å². The molecular weight excluding hydrogens is 312 g/mol. The number of nitro benzene ring substituents is 1. The van der Waals surface area contributed by atoms with Gasteiger partial charge in [0.25, 0.3) is 5.69 Å². The quantitative estimate of drug-likeness (QED) is 0.488. The molecular formula is C17H24N2O5. The highest BCUT2D eigenvalue weighted by atomic mass is 16.6. The zero-order valence-corrected chi connectivity index (χ0v) is 14.3. The first kappa shape index (κ1) is 18.2. The zero-order chi connectivity index (χ0) is 17.7. The van der Waals surface area contributed by atoms with Crippen molar-refractivity contribution in [3.63, 3.8) is 0 Å². The number of hydrogen-bond acceptors (Lipinski definition) is 6. The lowest BCUT2D eigenvalue weighted by atomic mass is 10.1. The number of carbonyl (C=O) groups is 1. The van der Waals surface area contributed by atoms with E-state index in [1.807, 2.05) is 0 Å². The lowest BCUT2D eigenvalue weighted by Crippen LogP contribution is -2.24. The molecule has 7 heteroatoms. The van der Waals surface area contributed by atoms with Crippen molar-refractivity contribution in [1.82, 2.24) is 5.32 Å². The van der Waals surface area contributed by atoms with E-state index in [9.17, 15) is 14.9 Å². The summed E-state index contributed by atoms with van der Waals surface area (Å²) in [7, 11) is 0. The Labute approximate surface area is 141 Å². The molecule has 1 atom stereocenters. The third-order valence-electron chi connectivity index (χ3n) is 3.68. The predicted octanol–water partition coefficient (Wildman–Crippen LogP) is 3.07. The van der Waals surface area contributed by atoms with Crippen LogP contribution in [0.25, 0.3) is 0 Å². The van der Waals surface area contributed by atoms with E-state index < -0.39 is 16.5 Å². The van der Waals surface area contributed by atoms with Gasteiger partial charge in [0.15, 0.2) is 0 Å². The molecule has 1 aliphatic heterocycles. The molecule has 0 spiro atoms. The van der Waals surface area contributed by atoms with Crippen LogP contribution in [0.2, 0.25) is 0 Å². The number of nitrogens with zero attached hydrogens (tertiary/aromatic N) is 1. The lowest BCUT2D eigenvalue weighted by Gasteiger charge is -2.19. The highest BCUT2D eigenvalue weighted by Gasteiger charge is 2.26. The lowest BCUT2D eigenvalue weighted by molar-refractivity contribution is -0.385. The number of benzene rings is 1. The van der Waals surface area contributed by atoms with E-state index in [2.05, 4.69) is 5.32 Å². The Morgan fingerprint density at radius 2 is 2.17 bits per heavy atom. The van der Waals surface area contributed by atoms with E-state index in [0.29, 0.717) is 18.4 Å². The van der Waals surface area contributed by atoms with Crippen LogP contribution in [0.15, 0.2) is 18.2 Å². The molecule has 7 nitrogen and oxygen atoms in total. The summed E-state index contributed by atoms with van der Waals surface area (Å²) in [5.41, 5.74) is -1.09. The third kappa shape index (κ3) is 5.19. The van der Waals surface area contributed by atoms with Gasteiger partial charge >= 0.3 is 5.97 Å². The summed E-state index contributed by atoms with van der Waals surface area (Å²) >= 11 is 0. The minimum Gasteiger partial charge on any atom is -0.493 e. The average molecular weight is 336 g/mol. The molecule has 1 aromatic carbocycles. The number of esters is 1. The van der Waals surface area contributed by atoms with Gasteiger partial charge in [0.1, 0.15) is 16.9 Å². The van der Waals surface area contributed by atoms with E-state index >= 15 is 0 Å². The first-order valence-electron chi connectivity index (χ1n) is 8.14. The molecule has 0 aliphatic carbocycles. The number of ether oxygens (including phenoxy) is 2. The van der Waals surface area contributed by atoms with Gasteiger partial charge in [-0.1, -0.05) is 0 Å². The van der Waals surface area contributed by atoms with E-state index in [-0.39, 0.29) is 11.3 Å². The molecule has 1 saturated heterocycles. The van der Waals surface area contributed by atoms with Crippen LogP contribution in [0.1, 0.15) is 50.4 Å². The van der Waals surface area contributed by atoms with Crippen LogP contribution in [0, 0.1) is 10.1 Å². The molecule has 1 aromatic rings.